The molecule has 2 atom stereocenters. The van der Waals surface area contributed by atoms with Gasteiger partial charge in [0.25, 0.3) is 11.5 Å². The second-order valence-electron chi connectivity index (χ2n) is 13.8. The zero-order valence-corrected chi connectivity index (χ0v) is 31.1. The molecule has 2 aliphatic heterocycles. The molecule has 2 aromatic carbocycles. The molecule has 0 radical (unpaired) electrons. The zero-order chi connectivity index (χ0) is 40.4. The van der Waals surface area contributed by atoms with Crippen LogP contribution in [-0.2, 0) is 32.5 Å². The lowest BCUT2D eigenvalue weighted by Crippen LogP contribution is -2.53. The highest BCUT2D eigenvalue weighted by atomic mass is 19.4. The smallest absolute Gasteiger partial charge is 0.411 e. The number of rotatable bonds is 10. The van der Waals surface area contributed by atoms with Crippen LogP contribution in [0.25, 0.3) is 27.5 Å². The molecule has 57 heavy (non-hydrogen) atoms. The van der Waals surface area contributed by atoms with E-state index in [1.807, 2.05) is 0 Å². The molecule has 2 aliphatic rings. The number of hydrogen-bond donors (Lipinski definition) is 1. The van der Waals surface area contributed by atoms with Gasteiger partial charge in [0.2, 0.25) is 0 Å². The van der Waals surface area contributed by atoms with E-state index in [1.165, 1.54) is 55.3 Å². The fourth-order valence-electron chi connectivity index (χ4n) is 7.29. The number of aryl methyl sites for hydroxylation is 2. The van der Waals surface area contributed by atoms with Crippen LogP contribution in [0.15, 0.2) is 70.6 Å². The van der Waals surface area contributed by atoms with Crippen LogP contribution in [0.4, 0.5) is 23.2 Å². The summed E-state index contributed by atoms with van der Waals surface area (Å²) in [6.45, 7) is 3.37. The molecule has 300 valence electrons. The Morgan fingerprint density at radius 3 is 2.54 bits per heavy atom. The fraction of sp³-hybridized carbons (Fsp3) is 0.385. The van der Waals surface area contributed by atoms with Crippen LogP contribution in [0.1, 0.15) is 21.5 Å². The van der Waals surface area contributed by atoms with Crippen LogP contribution in [0, 0.1) is 12.7 Å². The maximum atomic E-state index is 15.8. The SMILES string of the molecule is Cc1cc(N2CCOC[C@@H]2C(F)(F)F)cc(F)c1C(=O)N[C@@H](Cc1ccc(-n2c(=O)c3ccncc3n(C)c2=O)c2ncccc12)C(=O)OCCN1CCOCC1. The van der Waals surface area contributed by atoms with Gasteiger partial charge >= 0.3 is 17.8 Å². The summed E-state index contributed by atoms with van der Waals surface area (Å²) in [5, 5.41) is 3.31. The Morgan fingerprint density at radius 1 is 1.02 bits per heavy atom. The minimum absolute atomic E-state index is 0.00333. The lowest BCUT2D eigenvalue weighted by molar-refractivity contribution is -0.167. The number of alkyl halides is 3. The number of fused-ring (bicyclic) bond motifs is 2. The molecule has 2 fully saturated rings. The molecule has 2 saturated heterocycles. The van der Waals surface area contributed by atoms with Crippen LogP contribution in [-0.4, -0.2) is 113 Å². The largest absolute Gasteiger partial charge is 0.463 e. The monoisotopic (exact) mass is 793 g/mol. The van der Waals surface area contributed by atoms with E-state index in [9.17, 15) is 32.3 Å². The average molecular weight is 794 g/mol. The first-order chi connectivity index (χ1) is 27.3. The molecule has 3 aromatic heterocycles. The second kappa shape index (κ2) is 16.4. The summed E-state index contributed by atoms with van der Waals surface area (Å²) in [5.74, 6) is -2.88. The summed E-state index contributed by atoms with van der Waals surface area (Å²) < 4.78 is 75.7. The lowest BCUT2D eigenvalue weighted by Gasteiger charge is -2.38. The Labute approximate surface area is 322 Å². The molecule has 0 spiro atoms. The number of benzene rings is 2. The van der Waals surface area contributed by atoms with E-state index in [0.29, 0.717) is 49.3 Å². The van der Waals surface area contributed by atoms with Crippen molar-refractivity contribution in [1.82, 2.24) is 29.3 Å². The molecule has 0 saturated carbocycles. The summed E-state index contributed by atoms with van der Waals surface area (Å²) in [4.78, 5) is 66.4. The van der Waals surface area contributed by atoms with Gasteiger partial charge < -0.3 is 24.4 Å². The number of amides is 1. The molecule has 0 aliphatic carbocycles. The number of ether oxygens (including phenoxy) is 3. The van der Waals surface area contributed by atoms with E-state index >= 15 is 4.39 Å². The number of hydrogen-bond acceptors (Lipinski definition) is 11. The molecule has 1 N–H and O–H groups in total. The number of nitrogens with zero attached hydrogens (tertiary/aromatic N) is 6. The molecule has 14 nitrogen and oxygen atoms in total. The maximum absolute atomic E-state index is 15.8. The van der Waals surface area contributed by atoms with Gasteiger partial charge in [-0.3, -0.25) is 29.0 Å². The number of anilines is 1. The van der Waals surface area contributed by atoms with E-state index in [4.69, 9.17) is 14.2 Å². The number of carbonyl (C=O) groups excluding carboxylic acids is 2. The van der Waals surface area contributed by atoms with E-state index in [0.717, 1.165) is 15.5 Å². The summed E-state index contributed by atoms with van der Waals surface area (Å²) in [6.07, 6.45) is -0.474. The van der Waals surface area contributed by atoms with Crippen LogP contribution in [0.5, 0.6) is 0 Å². The van der Waals surface area contributed by atoms with Gasteiger partial charge in [-0.15, -0.1) is 0 Å². The summed E-state index contributed by atoms with van der Waals surface area (Å²) in [5.41, 5.74) is -0.444. The van der Waals surface area contributed by atoms with Gasteiger partial charge in [-0.25, -0.2) is 18.5 Å². The third-order valence-electron chi connectivity index (χ3n) is 10.3. The van der Waals surface area contributed by atoms with E-state index in [-0.39, 0.29) is 54.0 Å². The van der Waals surface area contributed by atoms with Crippen molar-refractivity contribution in [3.63, 3.8) is 0 Å². The molecule has 18 heteroatoms. The molecule has 7 rings (SSSR count). The van der Waals surface area contributed by atoms with Gasteiger partial charge in [-0.2, -0.15) is 13.2 Å². The highest BCUT2D eigenvalue weighted by molar-refractivity contribution is 5.99. The van der Waals surface area contributed by atoms with Crippen molar-refractivity contribution >= 4 is 39.4 Å². The van der Waals surface area contributed by atoms with E-state index in [2.05, 4.69) is 20.2 Å². The lowest BCUT2D eigenvalue weighted by atomic mass is 9.99. The highest BCUT2D eigenvalue weighted by Crippen LogP contribution is 2.33. The Bertz CT molecular complexity index is 2430. The number of esters is 1. The Kier molecular flexibility index (Phi) is 11.4. The van der Waals surface area contributed by atoms with Crippen LogP contribution < -0.4 is 21.5 Å². The standard InChI is InChI=1S/C39H39F4N7O7/c1-23-18-25(49-13-16-56-22-32(49)39(41,42)43)20-28(40)33(23)35(51)46-29(37(53)57-17-12-48-10-14-55-15-11-48)19-24-5-6-30(34-26(24)4-3-8-45-34)50-36(52)27-7-9-44-21-31(27)47(2)38(50)54/h3-9,18,20-21,29,32H,10-17,19,22H2,1-2H3,(H,46,51)/t29-,32+/m0/s1. The van der Waals surface area contributed by atoms with Crippen molar-refractivity contribution in [2.75, 3.05) is 64.1 Å². The Balaban J connectivity index is 1.21. The van der Waals surface area contributed by atoms with Gasteiger partial charge in [0.05, 0.1) is 60.3 Å². The molecule has 5 aromatic rings. The second-order valence-corrected chi connectivity index (χ2v) is 13.8. The van der Waals surface area contributed by atoms with Gasteiger partial charge in [0.1, 0.15) is 24.5 Å². The first-order valence-electron chi connectivity index (χ1n) is 18.2. The molecule has 0 unspecified atom stereocenters. The number of pyridine rings is 2. The number of aromatic nitrogens is 4. The number of nitrogens with one attached hydrogen (secondary N) is 1. The fourth-order valence-corrected chi connectivity index (χ4v) is 7.29. The van der Waals surface area contributed by atoms with E-state index in [1.54, 1.807) is 18.2 Å². The molecular weight excluding hydrogens is 754 g/mol. The van der Waals surface area contributed by atoms with Gasteiger partial charge in [-0.05, 0) is 48.4 Å². The van der Waals surface area contributed by atoms with Crippen LogP contribution in [0.3, 0.4) is 0 Å². The maximum Gasteiger partial charge on any atom is 0.411 e. The van der Waals surface area contributed by atoms with Crippen LogP contribution >= 0.6 is 0 Å². The van der Waals surface area contributed by atoms with Crippen molar-refractivity contribution in [3.05, 3.63) is 104 Å². The van der Waals surface area contributed by atoms with Crippen LogP contribution in [0.2, 0.25) is 0 Å². The quantitative estimate of drug-likeness (QED) is 0.164. The zero-order valence-electron chi connectivity index (χ0n) is 31.1. The van der Waals surface area contributed by atoms with Gasteiger partial charge in [0.15, 0.2) is 0 Å². The van der Waals surface area contributed by atoms with Crippen molar-refractivity contribution in [2.24, 2.45) is 7.05 Å². The van der Waals surface area contributed by atoms with Gasteiger partial charge in [0, 0.05) is 63.1 Å². The first-order valence-corrected chi connectivity index (χ1v) is 18.2. The van der Waals surface area contributed by atoms with Crippen molar-refractivity contribution < 1.29 is 41.4 Å². The predicted octanol–water partition coefficient (Wildman–Crippen LogP) is 3.06. The summed E-state index contributed by atoms with van der Waals surface area (Å²) in [6, 6.07) is 6.73. The van der Waals surface area contributed by atoms with Crippen molar-refractivity contribution in [2.45, 2.75) is 31.6 Å². The predicted molar refractivity (Wildman–Crippen MR) is 200 cm³/mol. The number of halogens is 4. The minimum Gasteiger partial charge on any atom is -0.463 e. The Hall–Kier alpha value is -5.72. The topological polar surface area (TPSA) is 150 Å². The first kappa shape index (κ1) is 39.5. The normalized spacial score (nSPS) is 17.2. The van der Waals surface area contributed by atoms with Crippen molar-refractivity contribution in [1.29, 1.82) is 0 Å². The third kappa shape index (κ3) is 8.10. The van der Waals surface area contributed by atoms with E-state index < -0.39 is 59.4 Å². The highest BCUT2D eigenvalue weighted by Gasteiger charge is 2.45. The van der Waals surface area contributed by atoms with Crippen molar-refractivity contribution in [3.8, 4) is 5.69 Å². The molecule has 5 heterocycles. The Morgan fingerprint density at radius 2 is 1.79 bits per heavy atom. The third-order valence-corrected chi connectivity index (χ3v) is 10.3. The summed E-state index contributed by atoms with van der Waals surface area (Å²) >= 11 is 0. The average Bonchev–Trinajstić information content (AvgIpc) is 3.20. The molecule has 1 amide bonds. The number of carbonyl (C=O) groups is 2. The minimum atomic E-state index is -4.65. The molecule has 0 bridgehead atoms. The summed E-state index contributed by atoms with van der Waals surface area (Å²) in [7, 11) is 1.52. The van der Waals surface area contributed by atoms with Gasteiger partial charge in [-0.1, -0.05) is 12.1 Å². The molecular formula is C39H39F4N7O7. The number of morpholine rings is 2.